The van der Waals surface area contributed by atoms with Crippen LogP contribution in [0.3, 0.4) is 0 Å². The predicted octanol–water partition coefficient (Wildman–Crippen LogP) is 3.56. The first-order chi connectivity index (χ1) is 9.51. The summed E-state index contributed by atoms with van der Waals surface area (Å²) in [7, 11) is 0. The van der Waals surface area contributed by atoms with E-state index in [1.165, 1.54) is 24.3 Å². The number of hydrogen-bond donors (Lipinski definition) is 0. The Bertz CT molecular complexity index is 730. The van der Waals surface area contributed by atoms with Gasteiger partial charge in [-0.05, 0) is 34.1 Å². The summed E-state index contributed by atoms with van der Waals surface area (Å²) in [6, 6.07) is 7.95. The number of hydrogen-bond acceptors (Lipinski definition) is 5. The summed E-state index contributed by atoms with van der Waals surface area (Å²) >= 11 is 3.00. The van der Waals surface area contributed by atoms with Crippen LogP contribution in [-0.2, 0) is 0 Å². The third kappa shape index (κ3) is 2.89. The van der Waals surface area contributed by atoms with E-state index in [9.17, 15) is 14.5 Å². The first kappa shape index (κ1) is 13.9. The maximum Gasteiger partial charge on any atom is 0.305 e. The summed E-state index contributed by atoms with van der Waals surface area (Å²) < 4.78 is 18.6. The van der Waals surface area contributed by atoms with Gasteiger partial charge in [0.15, 0.2) is 0 Å². The number of rotatable bonds is 3. The molecule has 0 aliphatic heterocycles. The Kier molecular flexibility index (Phi) is 3.91. The average molecular weight is 338 g/mol. The fraction of sp³-hybridized carbons (Fsp3) is 0. The second-order valence-corrected chi connectivity index (χ2v) is 4.42. The standard InChI is InChI=1S/C12H5BrFN3O3/c13-8-5-7(1-2-9(8)14)20-12-4-3-11(17(18)19)10(6-15)16-12/h1-5H. The molecule has 20 heavy (non-hydrogen) atoms. The predicted molar refractivity (Wildman–Crippen MR) is 69.8 cm³/mol. The van der Waals surface area contributed by atoms with Gasteiger partial charge in [0.2, 0.25) is 11.6 Å². The Morgan fingerprint density at radius 3 is 2.75 bits per heavy atom. The van der Waals surface area contributed by atoms with E-state index in [-0.39, 0.29) is 21.8 Å². The molecule has 8 heteroatoms. The van der Waals surface area contributed by atoms with Crippen molar-refractivity contribution >= 4 is 21.6 Å². The van der Waals surface area contributed by atoms with Crippen LogP contribution in [0.1, 0.15) is 5.69 Å². The summed E-state index contributed by atoms with van der Waals surface area (Å²) in [5, 5.41) is 19.5. The quantitative estimate of drug-likeness (QED) is 0.631. The van der Waals surface area contributed by atoms with Gasteiger partial charge in [0.05, 0.1) is 9.40 Å². The molecule has 0 bridgehead atoms. The van der Waals surface area contributed by atoms with Crippen molar-refractivity contribution in [2.75, 3.05) is 0 Å². The first-order valence-electron chi connectivity index (χ1n) is 5.19. The molecule has 0 saturated carbocycles. The lowest BCUT2D eigenvalue weighted by Gasteiger charge is -2.05. The third-order valence-electron chi connectivity index (χ3n) is 2.26. The van der Waals surface area contributed by atoms with Crippen LogP contribution in [0.15, 0.2) is 34.8 Å². The van der Waals surface area contributed by atoms with Gasteiger partial charge in [-0.25, -0.2) is 4.39 Å². The van der Waals surface area contributed by atoms with Crippen LogP contribution in [-0.4, -0.2) is 9.91 Å². The lowest BCUT2D eigenvalue weighted by atomic mass is 10.3. The molecule has 1 heterocycles. The Balaban J connectivity index is 2.32. The molecule has 0 amide bonds. The molecular formula is C12H5BrFN3O3. The fourth-order valence-corrected chi connectivity index (χ4v) is 1.74. The van der Waals surface area contributed by atoms with Crippen LogP contribution in [0.25, 0.3) is 0 Å². The average Bonchev–Trinajstić information content (AvgIpc) is 2.42. The van der Waals surface area contributed by atoms with Gasteiger partial charge < -0.3 is 4.74 Å². The number of benzene rings is 1. The molecule has 0 fully saturated rings. The van der Waals surface area contributed by atoms with Crippen LogP contribution >= 0.6 is 15.9 Å². The minimum atomic E-state index is -0.705. The molecule has 0 aliphatic carbocycles. The zero-order chi connectivity index (χ0) is 14.7. The lowest BCUT2D eigenvalue weighted by Crippen LogP contribution is -1.97. The summed E-state index contributed by atoms with van der Waals surface area (Å²) in [4.78, 5) is 13.7. The van der Waals surface area contributed by atoms with E-state index in [0.717, 1.165) is 6.07 Å². The monoisotopic (exact) mass is 337 g/mol. The number of aromatic nitrogens is 1. The van der Waals surface area contributed by atoms with Crippen molar-refractivity contribution in [3.63, 3.8) is 0 Å². The molecule has 2 aromatic rings. The highest BCUT2D eigenvalue weighted by molar-refractivity contribution is 9.10. The number of pyridine rings is 1. The molecule has 2 rings (SSSR count). The maximum absolute atomic E-state index is 13.1. The minimum absolute atomic E-state index is 0.00524. The molecule has 0 saturated heterocycles. The number of nitrogens with zero attached hydrogens (tertiary/aromatic N) is 3. The molecule has 0 atom stereocenters. The van der Waals surface area contributed by atoms with Crippen molar-refractivity contribution in [3.8, 4) is 17.7 Å². The highest BCUT2D eigenvalue weighted by Crippen LogP contribution is 2.27. The van der Waals surface area contributed by atoms with Gasteiger partial charge in [0.1, 0.15) is 17.6 Å². The fourth-order valence-electron chi connectivity index (χ4n) is 1.38. The topological polar surface area (TPSA) is 89.0 Å². The Morgan fingerprint density at radius 1 is 1.40 bits per heavy atom. The van der Waals surface area contributed by atoms with Crippen molar-refractivity contribution < 1.29 is 14.1 Å². The molecular weight excluding hydrogens is 333 g/mol. The van der Waals surface area contributed by atoms with Gasteiger partial charge in [-0.3, -0.25) is 10.1 Å². The van der Waals surface area contributed by atoms with E-state index >= 15 is 0 Å². The second kappa shape index (κ2) is 5.63. The van der Waals surface area contributed by atoms with Gasteiger partial charge in [-0.2, -0.15) is 10.2 Å². The maximum atomic E-state index is 13.1. The number of nitriles is 1. The van der Waals surface area contributed by atoms with Crippen LogP contribution in [0.4, 0.5) is 10.1 Å². The lowest BCUT2D eigenvalue weighted by molar-refractivity contribution is -0.385. The first-order valence-corrected chi connectivity index (χ1v) is 5.99. The molecule has 1 aromatic carbocycles. The summed E-state index contributed by atoms with van der Waals surface area (Å²) in [6.07, 6.45) is 0. The molecule has 0 radical (unpaired) electrons. The van der Waals surface area contributed by atoms with E-state index in [0.29, 0.717) is 0 Å². The Hall–Kier alpha value is -2.53. The number of halogens is 2. The van der Waals surface area contributed by atoms with Crippen LogP contribution < -0.4 is 4.74 Å². The van der Waals surface area contributed by atoms with Crippen molar-refractivity contribution in [1.82, 2.24) is 4.98 Å². The van der Waals surface area contributed by atoms with Gasteiger partial charge in [-0.1, -0.05) is 0 Å². The number of ether oxygens (including phenoxy) is 1. The van der Waals surface area contributed by atoms with Gasteiger partial charge in [0.25, 0.3) is 0 Å². The van der Waals surface area contributed by atoms with Crippen molar-refractivity contribution in [2.45, 2.75) is 0 Å². The summed E-state index contributed by atoms with van der Waals surface area (Å²) in [5.41, 5.74) is -0.756. The van der Waals surface area contributed by atoms with E-state index < -0.39 is 16.4 Å². The number of nitro groups is 1. The molecule has 6 nitrogen and oxygen atoms in total. The highest BCUT2D eigenvalue weighted by atomic mass is 79.9. The zero-order valence-corrected chi connectivity index (χ0v) is 11.3. The van der Waals surface area contributed by atoms with Gasteiger partial charge in [-0.15, -0.1) is 0 Å². The molecule has 0 N–H and O–H groups in total. The van der Waals surface area contributed by atoms with Crippen LogP contribution in [0, 0.1) is 27.3 Å². The minimum Gasteiger partial charge on any atom is -0.439 e. The molecule has 0 unspecified atom stereocenters. The van der Waals surface area contributed by atoms with E-state index in [2.05, 4.69) is 20.9 Å². The zero-order valence-electron chi connectivity index (χ0n) is 9.71. The normalized spacial score (nSPS) is 9.85. The van der Waals surface area contributed by atoms with Crippen molar-refractivity contribution in [3.05, 3.63) is 56.4 Å². The van der Waals surface area contributed by atoms with E-state index in [4.69, 9.17) is 10.00 Å². The van der Waals surface area contributed by atoms with Crippen LogP contribution in [0.2, 0.25) is 0 Å². The van der Waals surface area contributed by atoms with Gasteiger partial charge in [0, 0.05) is 12.1 Å². The Labute approximate surface area is 120 Å². The SMILES string of the molecule is N#Cc1nc(Oc2ccc(F)c(Br)c2)ccc1[N+](=O)[O-]. The third-order valence-corrected chi connectivity index (χ3v) is 2.87. The second-order valence-electron chi connectivity index (χ2n) is 3.56. The van der Waals surface area contributed by atoms with E-state index in [1.54, 1.807) is 6.07 Å². The van der Waals surface area contributed by atoms with E-state index in [1.807, 2.05) is 0 Å². The van der Waals surface area contributed by atoms with Crippen LogP contribution in [0.5, 0.6) is 11.6 Å². The molecule has 0 spiro atoms. The summed E-state index contributed by atoms with van der Waals surface area (Å²) in [6.45, 7) is 0. The smallest absolute Gasteiger partial charge is 0.305 e. The molecule has 0 aliphatic rings. The van der Waals surface area contributed by atoms with Gasteiger partial charge >= 0.3 is 5.69 Å². The highest BCUT2D eigenvalue weighted by Gasteiger charge is 2.16. The Morgan fingerprint density at radius 2 is 2.15 bits per heavy atom. The molecule has 1 aromatic heterocycles. The van der Waals surface area contributed by atoms with Crippen molar-refractivity contribution in [1.29, 1.82) is 5.26 Å². The van der Waals surface area contributed by atoms with Crippen molar-refractivity contribution in [2.24, 2.45) is 0 Å². The largest absolute Gasteiger partial charge is 0.439 e. The summed E-state index contributed by atoms with van der Waals surface area (Å²) in [5.74, 6) is -0.166. The molecule has 100 valence electrons.